The summed E-state index contributed by atoms with van der Waals surface area (Å²) in [5.74, 6) is -0.662. The van der Waals surface area contributed by atoms with Crippen LogP contribution in [-0.2, 0) is 19.1 Å². The number of esters is 1. The fourth-order valence-corrected chi connectivity index (χ4v) is 2.33. The third-order valence-corrected chi connectivity index (χ3v) is 3.40. The van der Waals surface area contributed by atoms with Crippen molar-refractivity contribution in [2.45, 2.75) is 39.5 Å². The van der Waals surface area contributed by atoms with Gasteiger partial charge >= 0.3 is 5.97 Å². The summed E-state index contributed by atoms with van der Waals surface area (Å²) >= 11 is 0. The zero-order valence-corrected chi connectivity index (χ0v) is 10.0. The zero-order valence-electron chi connectivity index (χ0n) is 10.0. The van der Waals surface area contributed by atoms with E-state index in [1.807, 2.05) is 6.92 Å². The van der Waals surface area contributed by atoms with Crippen molar-refractivity contribution in [3.8, 4) is 0 Å². The summed E-state index contributed by atoms with van der Waals surface area (Å²) in [6.07, 6.45) is 1.75. The second kappa shape index (κ2) is 4.76. The van der Waals surface area contributed by atoms with Gasteiger partial charge in [0.05, 0.1) is 7.11 Å². The molecule has 4 nitrogen and oxygen atoms in total. The number of ether oxygens (including phenoxy) is 1. The molecule has 0 aromatic rings. The number of methoxy groups -OCH3 is 1. The molecule has 4 heteroatoms. The summed E-state index contributed by atoms with van der Waals surface area (Å²) < 4.78 is 4.72. The molecule has 2 atom stereocenters. The zero-order chi connectivity index (χ0) is 12.3. The lowest BCUT2D eigenvalue weighted by Gasteiger charge is -2.24. The van der Waals surface area contributed by atoms with Crippen LogP contribution in [0.5, 0.6) is 0 Å². The molecule has 0 amide bonds. The van der Waals surface area contributed by atoms with Gasteiger partial charge in [-0.15, -0.1) is 0 Å². The van der Waals surface area contributed by atoms with Crippen LogP contribution < -0.4 is 0 Å². The van der Waals surface area contributed by atoms with E-state index in [-0.39, 0.29) is 30.3 Å². The Labute approximate surface area is 95.3 Å². The molecule has 0 bridgehead atoms. The second-order valence-electron chi connectivity index (χ2n) is 4.58. The molecule has 16 heavy (non-hydrogen) atoms. The first kappa shape index (κ1) is 12.9. The third kappa shape index (κ3) is 2.15. The number of carbonyl (C=O) groups is 3. The lowest BCUT2D eigenvalue weighted by Crippen LogP contribution is -2.38. The molecule has 0 N–H and O–H groups in total. The van der Waals surface area contributed by atoms with Crippen LogP contribution >= 0.6 is 0 Å². The molecular formula is C12H18O4. The van der Waals surface area contributed by atoms with E-state index >= 15 is 0 Å². The molecule has 90 valence electrons. The highest BCUT2D eigenvalue weighted by Crippen LogP contribution is 2.42. The second-order valence-corrected chi connectivity index (χ2v) is 4.58. The van der Waals surface area contributed by atoms with E-state index < -0.39 is 11.4 Å². The predicted octanol–water partition coefficient (Wildman–Crippen LogP) is 1.51. The molecule has 0 aromatic heterocycles. The quantitative estimate of drug-likeness (QED) is 0.538. The molecular weight excluding hydrogens is 208 g/mol. The average molecular weight is 226 g/mol. The van der Waals surface area contributed by atoms with E-state index in [2.05, 4.69) is 0 Å². The minimum atomic E-state index is -1.06. The van der Waals surface area contributed by atoms with Crippen molar-refractivity contribution in [1.82, 2.24) is 0 Å². The van der Waals surface area contributed by atoms with E-state index in [1.54, 1.807) is 0 Å². The highest BCUT2D eigenvalue weighted by Gasteiger charge is 2.52. The number of hydrogen-bond donors (Lipinski definition) is 0. The lowest BCUT2D eigenvalue weighted by atomic mass is 9.79. The number of Topliss-reactive ketones (excluding diaryl/α,β-unsaturated/α-hetero) is 2. The summed E-state index contributed by atoms with van der Waals surface area (Å²) in [5, 5.41) is 0. The molecule has 0 saturated heterocycles. The van der Waals surface area contributed by atoms with Gasteiger partial charge in [0.25, 0.3) is 0 Å². The standard InChI is InChI=1S/C12H18O4/c1-8-4-6-12(10(8)14,11(15)16-3)7-5-9(2)13/h8H,4-7H2,1-3H3/t8-,12-/m1/s1. The van der Waals surface area contributed by atoms with Crippen LogP contribution in [0.3, 0.4) is 0 Å². The largest absolute Gasteiger partial charge is 0.468 e. The predicted molar refractivity (Wildman–Crippen MR) is 57.8 cm³/mol. The molecule has 1 saturated carbocycles. The molecule has 1 fully saturated rings. The molecule has 1 aliphatic carbocycles. The van der Waals surface area contributed by atoms with Crippen molar-refractivity contribution in [1.29, 1.82) is 0 Å². The van der Waals surface area contributed by atoms with E-state index in [0.717, 1.165) is 0 Å². The number of carbonyl (C=O) groups excluding carboxylic acids is 3. The Morgan fingerprint density at radius 1 is 1.50 bits per heavy atom. The number of hydrogen-bond acceptors (Lipinski definition) is 4. The summed E-state index contributed by atoms with van der Waals surface area (Å²) in [6, 6.07) is 0. The molecule has 0 spiro atoms. The summed E-state index contributed by atoms with van der Waals surface area (Å²) in [4.78, 5) is 34.8. The fraction of sp³-hybridized carbons (Fsp3) is 0.750. The third-order valence-electron chi connectivity index (χ3n) is 3.40. The van der Waals surface area contributed by atoms with E-state index in [4.69, 9.17) is 4.74 Å². The maximum absolute atomic E-state index is 12.0. The lowest BCUT2D eigenvalue weighted by molar-refractivity contribution is -0.157. The van der Waals surface area contributed by atoms with Gasteiger partial charge in [-0.1, -0.05) is 6.92 Å². The SMILES string of the molecule is COC(=O)[C@@]1(CCC(C)=O)CC[C@@H](C)C1=O. The van der Waals surface area contributed by atoms with Gasteiger partial charge in [-0.05, 0) is 26.2 Å². The average Bonchev–Trinajstić information content (AvgIpc) is 2.54. The van der Waals surface area contributed by atoms with Crippen molar-refractivity contribution < 1.29 is 19.1 Å². The van der Waals surface area contributed by atoms with E-state index in [0.29, 0.717) is 12.8 Å². The van der Waals surface area contributed by atoms with Crippen LogP contribution in [0.4, 0.5) is 0 Å². The topological polar surface area (TPSA) is 60.4 Å². The van der Waals surface area contributed by atoms with E-state index in [9.17, 15) is 14.4 Å². The first-order chi connectivity index (χ1) is 7.44. The summed E-state index contributed by atoms with van der Waals surface area (Å²) in [7, 11) is 1.29. The monoisotopic (exact) mass is 226 g/mol. The Morgan fingerprint density at radius 3 is 2.50 bits per heavy atom. The molecule has 0 heterocycles. The highest BCUT2D eigenvalue weighted by molar-refractivity contribution is 6.06. The number of rotatable bonds is 4. The molecule has 0 radical (unpaired) electrons. The van der Waals surface area contributed by atoms with Gasteiger partial charge in [-0.2, -0.15) is 0 Å². The van der Waals surface area contributed by atoms with Gasteiger partial charge < -0.3 is 9.53 Å². The summed E-state index contributed by atoms with van der Waals surface area (Å²) in [6.45, 7) is 3.29. The minimum Gasteiger partial charge on any atom is -0.468 e. The van der Waals surface area contributed by atoms with Crippen LogP contribution in [0.2, 0.25) is 0 Å². The van der Waals surface area contributed by atoms with Crippen molar-refractivity contribution in [3.05, 3.63) is 0 Å². The molecule has 0 aliphatic heterocycles. The van der Waals surface area contributed by atoms with Gasteiger partial charge in [0, 0.05) is 12.3 Å². The van der Waals surface area contributed by atoms with Crippen LogP contribution in [0.15, 0.2) is 0 Å². The van der Waals surface area contributed by atoms with Gasteiger partial charge in [-0.3, -0.25) is 9.59 Å². The van der Waals surface area contributed by atoms with Gasteiger partial charge in [0.15, 0.2) is 5.78 Å². The normalized spacial score (nSPS) is 29.2. The molecule has 1 rings (SSSR count). The van der Waals surface area contributed by atoms with Crippen LogP contribution in [0.25, 0.3) is 0 Å². The highest BCUT2D eigenvalue weighted by atomic mass is 16.5. The van der Waals surface area contributed by atoms with Crippen LogP contribution in [0.1, 0.15) is 39.5 Å². The Hall–Kier alpha value is -1.19. The maximum Gasteiger partial charge on any atom is 0.319 e. The van der Waals surface area contributed by atoms with Crippen LogP contribution in [-0.4, -0.2) is 24.6 Å². The fourth-order valence-electron chi connectivity index (χ4n) is 2.33. The summed E-state index contributed by atoms with van der Waals surface area (Å²) in [5.41, 5.74) is -1.06. The Morgan fingerprint density at radius 2 is 2.12 bits per heavy atom. The Bertz CT molecular complexity index is 321. The Kier molecular flexibility index (Phi) is 3.83. The van der Waals surface area contributed by atoms with Crippen molar-refractivity contribution >= 4 is 17.5 Å². The van der Waals surface area contributed by atoms with Gasteiger partial charge in [0.1, 0.15) is 11.2 Å². The molecule has 0 aromatic carbocycles. The first-order valence-electron chi connectivity index (χ1n) is 5.56. The van der Waals surface area contributed by atoms with Crippen molar-refractivity contribution in [2.75, 3.05) is 7.11 Å². The van der Waals surface area contributed by atoms with Gasteiger partial charge in [-0.25, -0.2) is 0 Å². The van der Waals surface area contributed by atoms with Crippen molar-refractivity contribution in [2.24, 2.45) is 11.3 Å². The smallest absolute Gasteiger partial charge is 0.319 e. The molecule has 0 unspecified atom stereocenters. The maximum atomic E-state index is 12.0. The van der Waals surface area contributed by atoms with Gasteiger partial charge in [0.2, 0.25) is 0 Å². The first-order valence-corrected chi connectivity index (χ1v) is 5.56. The number of ketones is 2. The van der Waals surface area contributed by atoms with Crippen molar-refractivity contribution in [3.63, 3.8) is 0 Å². The minimum absolute atomic E-state index is 0.00405. The molecule has 1 aliphatic rings. The Balaban J connectivity index is 2.90. The van der Waals surface area contributed by atoms with Crippen LogP contribution in [0, 0.1) is 11.3 Å². The van der Waals surface area contributed by atoms with E-state index in [1.165, 1.54) is 14.0 Å².